The Kier molecular flexibility index (Phi) is 4.49. The van der Waals surface area contributed by atoms with E-state index in [0.29, 0.717) is 6.42 Å². The molecule has 1 atom stereocenters. The Balaban J connectivity index is 1.41. The number of hydrogen-bond acceptors (Lipinski definition) is 4. The highest BCUT2D eigenvalue weighted by Gasteiger charge is 2.29. The molecule has 0 bridgehead atoms. The van der Waals surface area contributed by atoms with Crippen LogP contribution in [-0.4, -0.2) is 40.4 Å². The summed E-state index contributed by atoms with van der Waals surface area (Å²) in [5.41, 5.74) is 4.67. The Labute approximate surface area is 148 Å². The standard InChI is InChI=1S/C20H24N4O/c1-14-3-2-4-15(9-14)10-19(25)24-8-6-16(13-24)20-22-12-17-11-21-7-5-18(17)23-20/h2-4,9,12,16,21H,5-8,10-11,13H2,1H3/t16-/m0/s1. The summed E-state index contributed by atoms with van der Waals surface area (Å²) in [6, 6.07) is 8.19. The van der Waals surface area contributed by atoms with Gasteiger partial charge in [-0.25, -0.2) is 9.97 Å². The summed E-state index contributed by atoms with van der Waals surface area (Å²) in [7, 11) is 0. The summed E-state index contributed by atoms with van der Waals surface area (Å²) < 4.78 is 0. The second kappa shape index (κ2) is 6.92. The lowest BCUT2D eigenvalue weighted by Gasteiger charge is -2.19. The molecule has 2 aliphatic rings. The van der Waals surface area contributed by atoms with Crippen LogP contribution in [0.15, 0.2) is 30.5 Å². The van der Waals surface area contributed by atoms with E-state index < -0.39 is 0 Å². The van der Waals surface area contributed by atoms with Crippen molar-refractivity contribution in [1.29, 1.82) is 0 Å². The number of nitrogens with one attached hydrogen (secondary N) is 1. The van der Waals surface area contributed by atoms with Gasteiger partial charge in [-0.1, -0.05) is 29.8 Å². The SMILES string of the molecule is Cc1cccc(CC(=O)N2CC[C@H](c3ncc4c(n3)CCNC4)C2)c1. The number of rotatable bonds is 3. The minimum atomic E-state index is 0.204. The number of likely N-dealkylation sites (tertiary alicyclic amines) is 1. The Morgan fingerprint density at radius 2 is 2.32 bits per heavy atom. The first-order valence-electron chi connectivity index (χ1n) is 9.08. The maximum Gasteiger partial charge on any atom is 0.227 e. The lowest BCUT2D eigenvalue weighted by Crippen LogP contribution is -2.30. The molecule has 1 amide bonds. The summed E-state index contributed by atoms with van der Waals surface area (Å²) in [5.74, 6) is 1.38. The molecule has 1 N–H and O–H groups in total. The molecule has 1 aromatic heterocycles. The third-order valence-electron chi connectivity index (χ3n) is 5.17. The van der Waals surface area contributed by atoms with E-state index in [0.717, 1.165) is 50.4 Å². The van der Waals surface area contributed by atoms with Gasteiger partial charge in [-0.3, -0.25) is 4.79 Å². The monoisotopic (exact) mass is 336 g/mol. The number of carbonyl (C=O) groups excluding carboxylic acids is 1. The van der Waals surface area contributed by atoms with Crippen molar-refractivity contribution in [2.24, 2.45) is 0 Å². The third kappa shape index (κ3) is 3.56. The van der Waals surface area contributed by atoms with E-state index in [1.807, 2.05) is 23.2 Å². The van der Waals surface area contributed by atoms with Gasteiger partial charge in [0.15, 0.2) is 0 Å². The molecule has 0 radical (unpaired) electrons. The van der Waals surface area contributed by atoms with Crippen molar-refractivity contribution in [2.45, 2.75) is 38.6 Å². The minimum absolute atomic E-state index is 0.204. The quantitative estimate of drug-likeness (QED) is 0.931. The van der Waals surface area contributed by atoms with Crippen LogP contribution in [0.2, 0.25) is 0 Å². The molecular formula is C20H24N4O. The first-order valence-corrected chi connectivity index (χ1v) is 9.08. The van der Waals surface area contributed by atoms with Crippen molar-refractivity contribution in [3.63, 3.8) is 0 Å². The molecule has 5 nitrogen and oxygen atoms in total. The Bertz CT molecular complexity index is 789. The average Bonchev–Trinajstić information content (AvgIpc) is 3.12. The minimum Gasteiger partial charge on any atom is -0.342 e. The summed E-state index contributed by atoms with van der Waals surface area (Å²) >= 11 is 0. The number of nitrogens with zero attached hydrogens (tertiary/aromatic N) is 3. The van der Waals surface area contributed by atoms with E-state index in [1.54, 1.807) is 0 Å². The second-order valence-electron chi connectivity index (χ2n) is 7.12. The van der Waals surface area contributed by atoms with Crippen LogP contribution in [-0.2, 0) is 24.2 Å². The Hall–Kier alpha value is -2.27. The number of aryl methyl sites for hydroxylation is 1. The molecular weight excluding hydrogens is 312 g/mol. The topological polar surface area (TPSA) is 58.1 Å². The van der Waals surface area contributed by atoms with Gasteiger partial charge in [-0.15, -0.1) is 0 Å². The highest BCUT2D eigenvalue weighted by atomic mass is 16.2. The van der Waals surface area contributed by atoms with E-state index >= 15 is 0 Å². The molecule has 2 aliphatic heterocycles. The molecule has 3 heterocycles. The number of fused-ring (bicyclic) bond motifs is 1. The molecule has 0 saturated carbocycles. The van der Waals surface area contributed by atoms with Crippen LogP contribution in [0.3, 0.4) is 0 Å². The van der Waals surface area contributed by atoms with Gasteiger partial charge in [0.2, 0.25) is 5.91 Å². The summed E-state index contributed by atoms with van der Waals surface area (Å²) in [4.78, 5) is 24.0. The lowest BCUT2D eigenvalue weighted by molar-refractivity contribution is -0.129. The van der Waals surface area contributed by atoms with Crippen LogP contribution in [0.4, 0.5) is 0 Å². The molecule has 1 aromatic carbocycles. The van der Waals surface area contributed by atoms with Crippen molar-refractivity contribution in [3.8, 4) is 0 Å². The van der Waals surface area contributed by atoms with Gasteiger partial charge in [0.1, 0.15) is 5.82 Å². The Morgan fingerprint density at radius 3 is 3.20 bits per heavy atom. The molecule has 2 aromatic rings. The number of amides is 1. The smallest absolute Gasteiger partial charge is 0.227 e. The van der Waals surface area contributed by atoms with Gasteiger partial charge >= 0.3 is 0 Å². The van der Waals surface area contributed by atoms with Crippen molar-refractivity contribution >= 4 is 5.91 Å². The normalized spacial score (nSPS) is 19.7. The summed E-state index contributed by atoms with van der Waals surface area (Å²) in [6.07, 6.45) is 4.36. The maximum atomic E-state index is 12.6. The van der Waals surface area contributed by atoms with Crippen molar-refractivity contribution in [2.75, 3.05) is 19.6 Å². The number of benzene rings is 1. The maximum absolute atomic E-state index is 12.6. The summed E-state index contributed by atoms with van der Waals surface area (Å²) in [6.45, 7) is 5.44. The molecule has 4 rings (SSSR count). The van der Waals surface area contributed by atoms with Crippen molar-refractivity contribution in [1.82, 2.24) is 20.2 Å². The van der Waals surface area contributed by atoms with Crippen LogP contribution < -0.4 is 5.32 Å². The first-order chi connectivity index (χ1) is 12.2. The number of hydrogen-bond donors (Lipinski definition) is 1. The van der Waals surface area contributed by atoms with Gasteiger partial charge in [0, 0.05) is 56.0 Å². The van der Waals surface area contributed by atoms with Gasteiger partial charge in [-0.2, -0.15) is 0 Å². The zero-order chi connectivity index (χ0) is 17.2. The first kappa shape index (κ1) is 16.2. The van der Waals surface area contributed by atoms with Crippen LogP contribution in [0, 0.1) is 6.92 Å². The number of aromatic nitrogens is 2. The highest BCUT2D eigenvalue weighted by Crippen LogP contribution is 2.26. The zero-order valence-corrected chi connectivity index (χ0v) is 14.7. The fourth-order valence-corrected chi connectivity index (χ4v) is 3.75. The molecule has 5 heteroatoms. The van der Waals surface area contributed by atoms with Crippen molar-refractivity contribution in [3.05, 3.63) is 58.7 Å². The predicted molar refractivity (Wildman–Crippen MR) is 96.3 cm³/mol. The van der Waals surface area contributed by atoms with E-state index in [4.69, 9.17) is 4.98 Å². The largest absolute Gasteiger partial charge is 0.342 e. The van der Waals surface area contributed by atoms with E-state index in [-0.39, 0.29) is 11.8 Å². The third-order valence-corrected chi connectivity index (χ3v) is 5.17. The molecule has 0 aliphatic carbocycles. The van der Waals surface area contributed by atoms with Gasteiger partial charge in [0.05, 0.1) is 6.42 Å². The average molecular weight is 336 g/mol. The van der Waals surface area contributed by atoms with Crippen LogP contribution in [0.1, 0.15) is 40.5 Å². The summed E-state index contributed by atoms with van der Waals surface area (Å²) in [5, 5.41) is 3.35. The number of carbonyl (C=O) groups is 1. The van der Waals surface area contributed by atoms with Crippen molar-refractivity contribution < 1.29 is 4.79 Å². The molecule has 130 valence electrons. The van der Waals surface area contributed by atoms with E-state index in [2.05, 4.69) is 29.4 Å². The van der Waals surface area contributed by atoms with Gasteiger partial charge in [-0.05, 0) is 18.9 Å². The Morgan fingerprint density at radius 1 is 1.40 bits per heavy atom. The predicted octanol–water partition coefficient (Wildman–Crippen LogP) is 1.99. The fraction of sp³-hybridized carbons (Fsp3) is 0.450. The highest BCUT2D eigenvalue weighted by molar-refractivity contribution is 5.79. The van der Waals surface area contributed by atoms with E-state index in [1.165, 1.54) is 16.8 Å². The zero-order valence-electron chi connectivity index (χ0n) is 14.7. The van der Waals surface area contributed by atoms with Gasteiger partial charge in [0.25, 0.3) is 0 Å². The molecule has 1 fully saturated rings. The molecule has 0 unspecified atom stereocenters. The van der Waals surface area contributed by atoms with E-state index in [9.17, 15) is 4.79 Å². The fourth-order valence-electron chi connectivity index (χ4n) is 3.75. The van der Waals surface area contributed by atoms with Crippen LogP contribution >= 0.6 is 0 Å². The molecule has 25 heavy (non-hydrogen) atoms. The molecule has 1 saturated heterocycles. The molecule has 0 spiro atoms. The lowest BCUT2D eigenvalue weighted by atomic mass is 10.1. The second-order valence-corrected chi connectivity index (χ2v) is 7.12. The van der Waals surface area contributed by atoms with Gasteiger partial charge < -0.3 is 10.2 Å². The van der Waals surface area contributed by atoms with Crippen LogP contribution in [0.25, 0.3) is 0 Å². The van der Waals surface area contributed by atoms with Crippen LogP contribution in [0.5, 0.6) is 0 Å².